The van der Waals surface area contributed by atoms with Crippen LogP contribution in [-0.4, -0.2) is 47.1 Å². The molecule has 0 aliphatic carbocycles. The number of anilines is 2. The Morgan fingerprint density at radius 1 is 1.20 bits per heavy atom. The summed E-state index contributed by atoms with van der Waals surface area (Å²) in [7, 11) is 0. The van der Waals surface area contributed by atoms with E-state index >= 15 is 0 Å². The van der Waals surface area contributed by atoms with Gasteiger partial charge in [-0.15, -0.1) is 0 Å². The summed E-state index contributed by atoms with van der Waals surface area (Å²) < 4.78 is 0. The molecule has 0 saturated carbocycles. The normalized spacial score (nSPS) is 17.8. The van der Waals surface area contributed by atoms with E-state index in [-0.39, 0.29) is 0 Å². The lowest BCUT2D eigenvalue weighted by Gasteiger charge is -2.29. The van der Waals surface area contributed by atoms with Crippen LogP contribution in [-0.2, 0) is 0 Å². The van der Waals surface area contributed by atoms with Crippen molar-refractivity contribution in [3.05, 3.63) is 11.9 Å². The van der Waals surface area contributed by atoms with Gasteiger partial charge in [-0.3, -0.25) is 0 Å². The molecule has 1 aromatic heterocycles. The van der Waals surface area contributed by atoms with E-state index in [0.717, 1.165) is 30.3 Å². The molecule has 1 atom stereocenters. The summed E-state index contributed by atoms with van der Waals surface area (Å²) in [6.07, 6.45) is 5.68. The fourth-order valence-electron chi connectivity index (χ4n) is 2.75. The summed E-state index contributed by atoms with van der Waals surface area (Å²) in [5.74, 6) is 1.87. The van der Waals surface area contributed by atoms with Crippen molar-refractivity contribution in [3.8, 4) is 0 Å². The molecule has 20 heavy (non-hydrogen) atoms. The monoisotopic (exact) mass is 277 g/mol. The van der Waals surface area contributed by atoms with Gasteiger partial charge in [0.15, 0.2) is 0 Å². The second-order valence-corrected chi connectivity index (χ2v) is 5.63. The van der Waals surface area contributed by atoms with Gasteiger partial charge in [0, 0.05) is 24.7 Å². The van der Waals surface area contributed by atoms with Crippen LogP contribution in [0.15, 0.2) is 6.33 Å². The van der Waals surface area contributed by atoms with Crippen LogP contribution < -0.4 is 10.6 Å². The molecule has 1 aliphatic rings. The van der Waals surface area contributed by atoms with Crippen molar-refractivity contribution in [3.63, 3.8) is 0 Å². The summed E-state index contributed by atoms with van der Waals surface area (Å²) >= 11 is 0. The van der Waals surface area contributed by atoms with Gasteiger partial charge in [-0.2, -0.15) is 0 Å². The van der Waals surface area contributed by atoms with Crippen LogP contribution in [0.4, 0.5) is 11.6 Å². The first-order chi connectivity index (χ1) is 9.70. The highest BCUT2D eigenvalue weighted by Gasteiger charge is 2.15. The number of hydrogen-bond acceptors (Lipinski definition) is 5. The lowest BCUT2D eigenvalue weighted by Crippen LogP contribution is -2.38. The predicted molar refractivity (Wildman–Crippen MR) is 84.3 cm³/mol. The molecule has 1 unspecified atom stereocenters. The van der Waals surface area contributed by atoms with Gasteiger partial charge in [0.25, 0.3) is 0 Å². The van der Waals surface area contributed by atoms with E-state index in [9.17, 15) is 0 Å². The van der Waals surface area contributed by atoms with Gasteiger partial charge in [0.2, 0.25) is 0 Å². The van der Waals surface area contributed by atoms with E-state index in [1.54, 1.807) is 6.33 Å². The minimum Gasteiger partial charge on any atom is -0.370 e. The van der Waals surface area contributed by atoms with Crippen LogP contribution in [0.2, 0.25) is 0 Å². The van der Waals surface area contributed by atoms with Gasteiger partial charge in [0.1, 0.15) is 18.0 Å². The van der Waals surface area contributed by atoms with E-state index in [4.69, 9.17) is 0 Å². The third-order valence-electron chi connectivity index (χ3n) is 3.79. The number of nitrogens with one attached hydrogen (secondary N) is 2. The highest BCUT2D eigenvalue weighted by molar-refractivity contribution is 5.56. The number of likely N-dealkylation sites (tertiary alicyclic amines) is 1. The topological polar surface area (TPSA) is 53.1 Å². The molecular weight excluding hydrogens is 250 g/mol. The lowest BCUT2D eigenvalue weighted by molar-refractivity contribution is 0.223. The molecule has 1 fully saturated rings. The van der Waals surface area contributed by atoms with Gasteiger partial charge >= 0.3 is 0 Å². The Hall–Kier alpha value is -1.36. The highest BCUT2D eigenvalue weighted by Crippen LogP contribution is 2.19. The third-order valence-corrected chi connectivity index (χ3v) is 3.79. The van der Waals surface area contributed by atoms with Crippen molar-refractivity contribution in [1.29, 1.82) is 0 Å². The molecule has 5 heteroatoms. The van der Waals surface area contributed by atoms with E-state index in [1.807, 2.05) is 0 Å². The Labute approximate surface area is 122 Å². The molecule has 0 radical (unpaired) electrons. The number of aromatic nitrogens is 2. The summed E-state index contributed by atoms with van der Waals surface area (Å²) in [6, 6.07) is 0.399. The molecule has 5 nitrogen and oxygen atoms in total. The van der Waals surface area contributed by atoms with Gasteiger partial charge in [-0.25, -0.2) is 9.97 Å². The zero-order valence-corrected chi connectivity index (χ0v) is 12.9. The summed E-state index contributed by atoms with van der Waals surface area (Å²) in [6.45, 7) is 10.8. The van der Waals surface area contributed by atoms with Crippen molar-refractivity contribution in [2.75, 3.05) is 36.8 Å². The largest absolute Gasteiger partial charge is 0.370 e. The maximum Gasteiger partial charge on any atom is 0.134 e. The van der Waals surface area contributed by atoms with Crippen molar-refractivity contribution >= 4 is 11.6 Å². The average molecular weight is 277 g/mol. The second-order valence-electron chi connectivity index (χ2n) is 5.63. The first-order valence-corrected chi connectivity index (χ1v) is 7.75. The predicted octanol–water partition coefficient (Wildman–Crippen LogP) is 2.50. The van der Waals surface area contributed by atoms with Crippen LogP contribution >= 0.6 is 0 Å². The first-order valence-electron chi connectivity index (χ1n) is 7.75. The maximum absolute atomic E-state index is 4.37. The molecule has 112 valence electrons. The Balaban J connectivity index is 1.93. The van der Waals surface area contributed by atoms with E-state index in [1.165, 1.54) is 32.4 Å². The van der Waals surface area contributed by atoms with Crippen LogP contribution in [0, 0.1) is 6.92 Å². The molecule has 2 heterocycles. The standard InChI is InChI=1S/C15H27N5/c1-4-16-14-13(3)15(18-11-17-14)19-12(2)10-20-8-6-5-7-9-20/h11-12H,4-10H2,1-3H3,(H2,16,17,18,19). The Kier molecular flexibility index (Phi) is 5.59. The number of piperidine rings is 1. The SMILES string of the molecule is CCNc1ncnc(NC(C)CN2CCCCC2)c1C. The van der Waals surface area contributed by atoms with E-state index in [0.29, 0.717) is 6.04 Å². The second kappa shape index (κ2) is 7.43. The summed E-state index contributed by atoms with van der Waals surface area (Å²) in [5.41, 5.74) is 1.10. The van der Waals surface area contributed by atoms with Crippen molar-refractivity contribution in [2.45, 2.75) is 46.1 Å². The summed E-state index contributed by atoms with van der Waals surface area (Å²) in [4.78, 5) is 11.2. The zero-order valence-electron chi connectivity index (χ0n) is 12.9. The van der Waals surface area contributed by atoms with Crippen LogP contribution in [0.25, 0.3) is 0 Å². The third kappa shape index (κ3) is 4.07. The quantitative estimate of drug-likeness (QED) is 0.837. The van der Waals surface area contributed by atoms with E-state index < -0.39 is 0 Å². The van der Waals surface area contributed by atoms with Crippen LogP contribution in [0.5, 0.6) is 0 Å². The minimum absolute atomic E-state index is 0.399. The molecule has 1 saturated heterocycles. The molecular formula is C15H27N5. The molecule has 1 aromatic rings. The Morgan fingerprint density at radius 3 is 2.60 bits per heavy atom. The molecule has 0 aromatic carbocycles. The fraction of sp³-hybridized carbons (Fsp3) is 0.733. The molecule has 2 rings (SSSR count). The number of nitrogens with zero attached hydrogens (tertiary/aromatic N) is 3. The smallest absolute Gasteiger partial charge is 0.134 e. The van der Waals surface area contributed by atoms with Gasteiger partial charge in [-0.1, -0.05) is 6.42 Å². The van der Waals surface area contributed by atoms with Crippen molar-refractivity contribution < 1.29 is 0 Å². The van der Waals surface area contributed by atoms with E-state index in [2.05, 4.69) is 46.3 Å². The minimum atomic E-state index is 0.399. The lowest BCUT2D eigenvalue weighted by atomic mass is 10.1. The van der Waals surface area contributed by atoms with Gasteiger partial charge < -0.3 is 15.5 Å². The zero-order chi connectivity index (χ0) is 14.4. The molecule has 0 bridgehead atoms. The highest BCUT2D eigenvalue weighted by atomic mass is 15.2. The molecule has 2 N–H and O–H groups in total. The summed E-state index contributed by atoms with van der Waals surface area (Å²) in [5, 5.41) is 6.79. The fourth-order valence-corrected chi connectivity index (χ4v) is 2.75. The van der Waals surface area contributed by atoms with Crippen LogP contribution in [0.1, 0.15) is 38.7 Å². The average Bonchev–Trinajstić information content (AvgIpc) is 2.44. The van der Waals surface area contributed by atoms with Crippen molar-refractivity contribution in [2.24, 2.45) is 0 Å². The Morgan fingerprint density at radius 2 is 1.90 bits per heavy atom. The Bertz CT molecular complexity index is 415. The first kappa shape index (κ1) is 15.0. The number of hydrogen-bond donors (Lipinski definition) is 2. The number of rotatable bonds is 6. The van der Waals surface area contributed by atoms with Gasteiger partial charge in [-0.05, 0) is 46.7 Å². The van der Waals surface area contributed by atoms with Crippen LogP contribution in [0.3, 0.4) is 0 Å². The molecule has 0 amide bonds. The van der Waals surface area contributed by atoms with Gasteiger partial charge in [0.05, 0.1) is 0 Å². The van der Waals surface area contributed by atoms with Crippen molar-refractivity contribution in [1.82, 2.24) is 14.9 Å². The maximum atomic E-state index is 4.37. The molecule has 0 spiro atoms. The molecule has 1 aliphatic heterocycles.